The zero-order valence-electron chi connectivity index (χ0n) is 10.2. The predicted molar refractivity (Wildman–Crippen MR) is 71.5 cm³/mol. The lowest BCUT2D eigenvalue weighted by Gasteiger charge is -2.06. The molecule has 2 aromatic carbocycles. The summed E-state index contributed by atoms with van der Waals surface area (Å²) in [6, 6.07) is 16.1. The maximum atomic E-state index is 5.76. The van der Waals surface area contributed by atoms with Crippen molar-refractivity contribution in [2.75, 3.05) is 0 Å². The molecule has 0 atom stereocenters. The van der Waals surface area contributed by atoms with Gasteiger partial charge in [-0.2, -0.15) is 0 Å². The zero-order chi connectivity index (χ0) is 12.4. The van der Waals surface area contributed by atoms with Crippen molar-refractivity contribution < 1.29 is 4.74 Å². The first-order valence-electron chi connectivity index (χ1n) is 5.91. The average Bonchev–Trinajstić information content (AvgIpc) is 2.79. The Hall–Kier alpha value is -2.29. The standard InChI is InChI=1S/C15H14N2O/c1-17-11-16-14-9-13(7-8-15(14)17)18-10-12-5-3-2-4-6-12/h2-9,11H,10H2,1H3. The lowest BCUT2D eigenvalue weighted by molar-refractivity contribution is 0.306. The van der Waals surface area contributed by atoms with Crippen molar-refractivity contribution in [3.63, 3.8) is 0 Å². The molecule has 0 unspecified atom stereocenters. The molecule has 3 aromatic rings. The number of hydrogen-bond acceptors (Lipinski definition) is 2. The number of hydrogen-bond donors (Lipinski definition) is 0. The van der Waals surface area contributed by atoms with Crippen molar-refractivity contribution in [3.05, 3.63) is 60.4 Å². The highest BCUT2D eigenvalue weighted by Crippen LogP contribution is 2.20. The van der Waals surface area contributed by atoms with Gasteiger partial charge in [-0.05, 0) is 17.7 Å². The summed E-state index contributed by atoms with van der Waals surface area (Å²) in [6.45, 7) is 0.583. The first-order chi connectivity index (χ1) is 8.83. The molecule has 90 valence electrons. The topological polar surface area (TPSA) is 27.1 Å². The quantitative estimate of drug-likeness (QED) is 0.701. The van der Waals surface area contributed by atoms with Gasteiger partial charge >= 0.3 is 0 Å². The largest absolute Gasteiger partial charge is 0.489 e. The van der Waals surface area contributed by atoms with Gasteiger partial charge in [-0.25, -0.2) is 4.98 Å². The first kappa shape index (κ1) is 10.8. The van der Waals surface area contributed by atoms with Gasteiger partial charge < -0.3 is 9.30 Å². The highest BCUT2D eigenvalue weighted by atomic mass is 16.5. The smallest absolute Gasteiger partial charge is 0.122 e. The van der Waals surface area contributed by atoms with Crippen LogP contribution >= 0.6 is 0 Å². The molecular formula is C15H14N2O. The predicted octanol–water partition coefficient (Wildman–Crippen LogP) is 3.15. The monoisotopic (exact) mass is 238 g/mol. The molecular weight excluding hydrogens is 224 g/mol. The molecule has 0 amide bonds. The lowest BCUT2D eigenvalue weighted by Crippen LogP contribution is -1.94. The van der Waals surface area contributed by atoms with Gasteiger partial charge in [0.1, 0.15) is 12.4 Å². The first-order valence-corrected chi connectivity index (χ1v) is 5.91. The summed E-state index contributed by atoms with van der Waals surface area (Å²) < 4.78 is 7.76. The molecule has 3 nitrogen and oxygen atoms in total. The van der Waals surface area contributed by atoms with E-state index in [4.69, 9.17) is 4.74 Å². The number of aromatic nitrogens is 2. The van der Waals surface area contributed by atoms with E-state index in [0.717, 1.165) is 16.8 Å². The second-order valence-electron chi connectivity index (χ2n) is 4.28. The number of rotatable bonds is 3. The average molecular weight is 238 g/mol. The van der Waals surface area contributed by atoms with E-state index in [2.05, 4.69) is 17.1 Å². The maximum Gasteiger partial charge on any atom is 0.122 e. The van der Waals surface area contributed by atoms with Gasteiger partial charge in [0.15, 0.2) is 0 Å². The van der Waals surface area contributed by atoms with E-state index in [1.165, 1.54) is 5.56 Å². The summed E-state index contributed by atoms with van der Waals surface area (Å²) in [7, 11) is 1.99. The molecule has 0 bridgehead atoms. The molecule has 0 saturated carbocycles. The number of aryl methyl sites for hydroxylation is 1. The summed E-state index contributed by atoms with van der Waals surface area (Å²) >= 11 is 0. The van der Waals surface area contributed by atoms with Gasteiger partial charge in [-0.3, -0.25) is 0 Å². The molecule has 0 aliphatic carbocycles. The van der Waals surface area contributed by atoms with E-state index in [1.54, 1.807) is 0 Å². The molecule has 0 fully saturated rings. The van der Waals surface area contributed by atoms with Crippen LogP contribution < -0.4 is 4.74 Å². The fraction of sp³-hybridized carbons (Fsp3) is 0.133. The number of benzene rings is 2. The Kier molecular flexibility index (Phi) is 2.73. The molecule has 0 spiro atoms. The number of imidazole rings is 1. The molecule has 3 rings (SSSR count). The maximum absolute atomic E-state index is 5.76. The molecule has 1 aromatic heterocycles. The SMILES string of the molecule is Cn1cnc2cc(OCc3ccccc3)ccc21. The number of fused-ring (bicyclic) bond motifs is 1. The Morgan fingerprint density at radius 2 is 1.94 bits per heavy atom. The number of nitrogens with zero attached hydrogens (tertiary/aromatic N) is 2. The molecule has 0 N–H and O–H groups in total. The van der Waals surface area contributed by atoms with Crippen LogP contribution in [0.2, 0.25) is 0 Å². The molecule has 3 heteroatoms. The minimum atomic E-state index is 0.583. The summed E-state index contributed by atoms with van der Waals surface area (Å²) in [5, 5.41) is 0. The lowest BCUT2D eigenvalue weighted by atomic mass is 10.2. The van der Waals surface area contributed by atoms with Crippen molar-refractivity contribution in [1.29, 1.82) is 0 Å². The third-order valence-electron chi connectivity index (χ3n) is 2.95. The third kappa shape index (κ3) is 2.07. The van der Waals surface area contributed by atoms with Crippen molar-refractivity contribution in [2.24, 2.45) is 7.05 Å². The van der Waals surface area contributed by atoms with Gasteiger partial charge in [0.05, 0.1) is 17.4 Å². The Morgan fingerprint density at radius 1 is 1.11 bits per heavy atom. The Morgan fingerprint density at radius 3 is 2.78 bits per heavy atom. The minimum absolute atomic E-state index is 0.583. The van der Waals surface area contributed by atoms with E-state index >= 15 is 0 Å². The summed E-state index contributed by atoms with van der Waals surface area (Å²) in [5.41, 5.74) is 3.24. The van der Waals surface area contributed by atoms with Crippen molar-refractivity contribution in [3.8, 4) is 5.75 Å². The fourth-order valence-electron chi connectivity index (χ4n) is 1.95. The van der Waals surface area contributed by atoms with Crippen LogP contribution in [0.3, 0.4) is 0 Å². The van der Waals surface area contributed by atoms with Crippen LogP contribution in [-0.4, -0.2) is 9.55 Å². The molecule has 0 radical (unpaired) electrons. The molecule has 1 heterocycles. The van der Waals surface area contributed by atoms with Crippen molar-refractivity contribution >= 4 is 11.0 Å². The summed E-state index contributed by atoms with van der Waals surface area (Å²) in [6.07, 6.45) is 1.81. The normalized spacial score (nSPS) is 10.7. The van der Waals surface area contributed by atoms with Crippen LogP contribution in [0.25, 0.3) is 11.0 Å². The van der Waals surface area contributed by atoms with Gasteiger partial charge in [0.25, 0.3) is 0 Å². The van der Waals surface area contributed by atoms with Crippen molar-refractivity contribution in [1.82, 2.24) is 9.55 Å². The number of ether oxygens (including phenoxy) is 1. The summed E-state index contributed by atoms with van der Waals surface area (Å²) in [5.74, 6) is 0.852. The van der Waals surface area contributed by atoms with Crippen LogP contribution in [0.15, 0.2) is 54.9 Å². The summed E-state index contributed by atoms with van der Waals surface area (Å²) in [4.78, 5) is 4.32. The second-order valence-corrected chi connectivity index (χ2v) is 4.28. The van der Waals surface area contributed by atoms with E-state index in [9.17, 15) is 0 Å². The van der Waals surface area contributed by atoms with Gasteiger partial charge in [0.2, 0.25) is 0 Å². The second kappa shape index (κ2) is 4.53. The van der Waals surface area contributed by atoms with Gasteiger partial charge in [0, 0.05) is 13.1 Å². The minimum Gasteiger partial charge on any atom is -0.489 e. The van der Waals surface area contributed by atoms with Crippen LogP contribution in [0.5, 0.6) is 5.75 Å². The Balaban J connectivity index is 1.79. The zero-order valence-corrected chi connectivity index (χ0v) is 10.2. The van der Waals surface area contributed by atoms with E-state index < -0.39 is 0 Å². The van der Waals surface area contributed by atoms with Crippen LogP contribution in [0.1, 0.15) is 5.56 Å². The highest BCUT2D eigenvalue weighted by Gasteiger charge is 2.02. The molecule has 18 heavy (non-hydrogen) atoms. The van der Waals surface area contributed by atoms with E-state index in [-0.39, 0.29) is 0 Å². The third-order valence-corrected chi connectivity index (χ3v) is 2.95. The fourth-order valence-corrected chi connectivity index (χ4v) is 1.95. The van der Waals surface area contributed by atoms with Gasteiger partial charge in [-0.15, -0.1) is 0 Å². The van der Waals surface area contributed by atoms with Crippen LogP contribution in [0, 0.1) is 0 Å². The van der Waals surface area contributed by atoms with Crippen LogP contribution in [-0.2, 0) is 13.7 Å². The Bertz CT molecular complexity index is 659. The molecule has 0 saturated heterocycles. The van der Waals surface area contributed by atoms with Crippen molar-refractivity contribution in [2.45, 2.75) is 6.61 Å². The molecule has 0 aliphatic rings. The van der Waals surface area contributed by atoms with E-state index in [0.29, 0.717) is 6.61 Å². The Labute approximate surface area is 106 Å². The van der Waals surface area contributed by atoms with Crippen LogP contribution in [0.4, 0.5) is 0 Å². The molecule has 0 aliphatic heterocycles. The van der Waals surface area contributed by atoms with Gasteiger partial charge in [-0.1, -0.05) is 30.3 Å². The highest BCUT2D eigenvalue weighted by molar-refractivity contribution is 5.76. The van der Waals surface area contributed by atoms with E-state index in [1.807, 2.05) is 54.3 Å².